The molecule has 2 aromatic heterocycles. The van der Waals surface area contributed by atoms with Gasteiger partial charge < -0.3 is 10.6 Å². The fourth-order valence-corrected chi connectivity index (χ4v) is 2.32. The monoisotopic (exact) mass is 319 g/mol. The van der Waals surface area contributed by atoms with E-state index in [0.717, 1.165) is 11.1 Å². The van der Waals surface area contributed by atoms with Crippen molar-refractivity contribution < 1.29 is 4.79 Å². The van der Waals surface area contributed by atoms with Crippen molar-refractivity contribution in [2.75, 3.05) is 11.9 Å². The van der Waals surface area contributed by atoms with Gasteiger partial charge in [0.05, 0.1) is 5.69 Å². The van der Waals surface area contributed by atoms with Crippen LogP contribution in [-0.2, 0) is 6.54 Å². The lowest BCUT2D eigenvalue weighted by atomic mass is 10.1. The third-order valence-electron chi connectivity index (χ3n) is 3.52. The summed E-state index contributed by atoms with van der Waals surface area (Å²) >= 11 is 0. The third kappa shape index (κ3) is 3.55. The minimum Gasteiger partial charge on any atom is -0.364 e. The van der Waals surface area contributed by atoms with Crippen molar-refractivity contribution in [1.82, 2.24) is 15.0 Å². The van der Waals surface area contributed by atoms with Crippen LogP contribution in [0.5, 0.6) is 0 Å². The van der Waals surface area contributed by atoms with Gasteiger partial charge in [0, 0.05) is 31.5 Å². The summed E-state index contributed by atoms with van der Waals surface area (Å²) < 4.78 is 0. The van der Waals surface area contributed by atoms with Crippen LogP contribution in [0.15, 0.2) is 60.9 Å². The SMILES string of the molecule is CN(Cc1cccnc1)c1nc(C(N)=O)cc(-c2ccccc2)n1. The molecule has 0 radical (unpaired) electrons. The van der Waals surface area contributed by atoms with Gasteiger partial charge in [-0.05, 0) is 17.7 Å². The summed E-state index contributed by atoms with van der Waals surface area (Å²) in [6, 6.07) is 15.1. The molecule has 1 amide bonds. The molecule has 0 fully saturated rings. The maximum absolute atomic E-state index is 11.6. The Morgan fingerprint density at radius 2 is 1.92 bits per heavy atom. The zero-order valence-corrected chi connectivity index (χ0v) is 13.3. The molecule has 2 heterocycles. The van der Waals surface area contributed by atoms with E-state index in [1.165, 1.54) is 0 Å². The minimum absolute atomic E-state index is 0.192. The zero-order chi connectivity index (χ0) is 16.9. The molecule has 3 aromatic rings. The Hall–Kier alpha value is -3.28. The third-order valence-corrected chi connectivity index (χ3v) is 3.52. The highest BCUT2D eigenvalue weighted by Gasteiger charge is 2.13. The predicted molar refractivity (Wildman–Crippen MR) is 92.3 cm³/mol. The van der Waals surface area contributed by atoms with Crippen molar-refractivity contribution in [2.45, 2.75) is 6.54 Å². The second-order valence-corrected chi connectivity index (χ2v) is 5.39. The number of nitrogens with zero attached hydrogens (tertiary/aromatic N) is 4. The van der Waals surface area contributed by atoms with Crippen molar-refractivity contribution in [2.24, 2.45) is 5.73 Å². The lowest BCUT2D eigenvalue weighted by Gasteiger charge is -2.18. The molecular formula is C18H17N5O. The fourth-order valence-electron chi connectivity index (χ4n) is 2.32. The number of carbonyl (C=O) groups excluding carboxylic acids is 1. The van der Waals surface area contributed by atoms with Crippen LogP contribution in [0.25, 0.3) is 11.3 Å². The summed E-state index contributed by atoms with van der Waals surface area (Å²) in [5.41, 5.74) is 8.20. The molecule has 24 heavy (non-hydrogen) atoms. The Morgan fingerprint density at radius 1 is 1.12 bits per heavy atom. The minimum atomic E-state index is -0.578. The van der Waals surface area contributed by atoms with Crippen molar-refractivity contribution >= 4 is 11.9 Å². The normalized spacial score (nSPS) is 10.4. The van der Waals surface area contributed by atoms with Gasteiger partial charge in [0.2, 0.25) is 5.95 Å². The van der Waals surface area contributed by atoms with E-state index >= 15 is 0 Å². The topological polar surface area (TPSA) is 85.0 Å². The zero-order valence-electron chi connectivity index (χ0n) is 13.3. The number of anilines is 1. The molecule has 120 valence electrons. The first kappa shape index (κ1) is 15.6. The summed E-state index contributed by atoms with van der Waals surface area (Å²) in [6.45, 7) is 0.574. The summed E-state index contributed by atoms with van der Waals surface area (Å²) in [5, 5.41) is 0. The smallest absolute Gasteiger partial charge is 0.267 e. The van der Waals surface area contributed by atoms with Crippen molar-refractivity contribution in [3.63, 3.8) is 0 Å². The number of hydrogen-bond acceptors (Lipinski definition) is 5. The number of primary amides is 1. The second kappa shape index (κ2) is 6.87. The molecule has 0 saturated heterocycles. The van der Waals surface area contributed by atoms with Crippen LogP contribution < -0.4 is 10.6 Å². The maximum atomic E-state index is 11.6. The highest BCUT2D eigenvalue weighted by Crippen LogP contribution is 2.21. The molecule has 6 heteroatoms. The molecule has 1 aromatic carbocycles. The summed E-state index contributed by atoms with van der Waals surface area (Å²) in [5.74, 6) is -0.139. The van der Waals surface area contributed by atoms with Gasteiger partial charge in [-0.1, -0.05) is 36.4 Å². The van der Waals surface area contributed by atoms with E-state index in [0.29, 0.717) is 18.2 Å². The van der Waals surface area contributed by atoms with Gasteiger partial charge in [-0.2, -0.15) is 0 Å². The van der Waals surface area contributed by atoms with E-state index in [1.54, 1.807) is 18.5 Å². The Bertz CT molecular complexity index is 837. The van der Waals surface area contributed by atoms with Crippen molar-refractivity contribution in [3.8, 4) is 11.3 Å². The van der Waals surface area contributed by atoms with Gasteiger partial charge in [0.1, 0.15) is 5.69 Å². The van der Waals surface area contributed by atoms with E-state index in [2.05, 4.69) is 15.0 Å². The molecule has 0 saturated carbocycles. The molecule has 0 unspecified atom stereocenters. The lowest BCUT2D eigenvalue weighted by molar-refractivity contribution is 0.0995. The Kier molecular flexibility index (Phi) is 4.47. The van der Waals surface area contributed by atoms with E-state index < -0.39 is 5.91 Å². The Morgan fingerprint density at radius 3 is 2.58 bits per heavy atom. The number of benzene rings is 1. The quantitative estimate of drug-likeness (QED) is 0.780. The molecule has 0 aliphatic rings. The van der Waals surface area contributed by atoms with Crippen LogP contribution in [0.3, 0.4) is 0 Å². The highest BCUT2D eigenvalue weighted by molar-refractivity contribution is 5.92. The molecule has 0 spiro atoms. The average Bonchev–Trinajstić information content (AvgIpc) is 2.63. The Balaban J connectivity index is 1.97. The standard InChI is InChI=1S/C18H17N5O/c1-23(12-13-6-5-9-20-11-13)18-21-15(10-16(22-18)17(19)24)14-7-3-2-4-8-14/h2-11H,12H2,1H3,(H2,19,24). The first-order valence-electron chi connectivity index (χ1n) is 7.48. The molecule has 0 aliphatic heterocycles. The first-order chi connectivity index (χ1) is 11.6. The molecule has 0 bridgehead atoms. The van der Waals surface area contributed by atoms with Crippen LogP contribution in [-0.4, -0.2) is 27.9 Å². The number of pyridine rings is 1. The van der Waals surface area contributed by atoms with Gasteiger partial charge in [-0.15, -0.1) is 0 Å². The van der Waals surface area contributed by atoms with Crippen LogP contribution >= 0.6 is 0 Å². The van der Waals surface area contributed by atoms with Crippen LogP contribution in [0.1, 0.15) is 16.1 Å². The van der Waals surface area contributed by atoms with Gasteiger partial charge in [0.15, 0.2) is 0 Å². The van der Waals surface area contributed by atoms with Crippen molar-refractivity contribution in [3.05, 3.63) is 72.2 Å². The van der Waals surface area contributed by atoms with Crippen LogP contribution in [0.2, 0.25) is 0 Å². The molecule has 3 rings (SSSR count). The predicted octanol–water partition coefficient (Wildman–Crippen LogP) is 2.27. The highest BCUT2D eigenvalue weighted by atomic mass is 16.1. The first-order valence-corrected chi connectivity index (χ1v) is 7.48. The summed E-state index contributed by atoms with van der Waals surface area (Å²) in [7, 11) is 1.86. The van der Waals surface area contributed by atoms with Crippen LogP contribution in [0.4, 0.5) is 5.95 Å². The number of nitrogens with two attached hydrogens (primary N) is 1. The van der Waals surface area contributed by atoms with Gasteiger partial charge in [-0.25, -0.2) is 9.97 Å². The molecule has 0 aliphatic carbocycles. The largest absolute Gasteiger partial charge is 0.364 e. The molecular weight excluding hydrogens is 302 g/mol. The van der Waals surface area contributed by atoms with Gasteiger partial charge >= 0.3 is 0 Å². The van der Waals surface area contributed by atoms with E-state index in [-0.39, 0.29) is 5.69 Å². The van der Waals surface area contributed by atoms with E-state index in [4.69, 9.17) is 5.73 Å². The number of carbonyl (C=O) groups is 1. The average molecular weight is 319 g/mol. The summed E-state index contributed by atoms with van der Waals surface area (Å²) in [4.78, 5) is 26.4. The fraction of sp³-hybridized carbons (Fsp3) is 0.111. The number of amides is 1. The lowest BCUT2D eigenvalue weighted by Crippen LogP contribution is -2.22. The number of aromatic nitrogens is 3. The van der Waals surface area contributed by atoms with E-state index in [1.807, 2.05) is 54.4 Å². The molecule has 2 N–H and O–H groups in total. The van der Waals surface area contributed by atoms with Crippen molar-refractivity contribution in [1.29, 1.82) is 0 Å². The molecule has 6 nitrogen and oxygen atoms in total. The van der Waals surface area contributed by atoms with Gasteiger partial charge in [-0.3, -0.25) is 9.78 Å². The van der Waals surface area contributed by atoms with Gasteiger partial charge in [0.25, 0.3) is 5.91 Å². The Labute approximate surface area is 140 Å². The van der Waals surface area contributed by atoms with E-state index in [9.17, 15) is 4.79 Å². The van der Waals surface area contributed by atoms with Crippen LogP contribution in [0, 0.1) is 0 Å². The summed E-state index contributed by atoms with van der Waals surface area (Å²) in [6.07, 6.45) is 3.51. The second-order valence-electron chi connectivity index (χ2n) is 5.39. The maximum Gasteiger partial charge on any atom is 0.267 e. The molecule has 0 atom stereocenters. The number of hydrogen-bond donors (Lipinski definition) is 1. The number of rotatable bonds is 5.